The standard InChI is InChI=1S/C13H26N2O2/c1-6-11(2)14-9-7-8-10-15-12(16)17-13(3,4)5/h7-8,11,14H,6,9-10H2,1-5H3,(H,15,16)/b8-7+. The first-order chi connectivity index (χ1) is 7.85. The lowest BCUT2D eigenvalue weighted by atomic mass is 10.2. The van der Waals surface area contributed by atoms with E-state index in [4.69, 9.17) is 4.74 Å². The summed E-state index contributed by atoms with van der Waals surface area (Å²) in [6.45, 7) is 11.1. The normalized spacial score (nSPS) is 13.7. The summed E-state index contributed by atoms with van der Waals surface area (Å²) in [6, 6.07) is 0.526. The second-order valence-corrected chi connectivity index (χ2v) is 5.07. The lowest BCUT2D eigenvalue weighted by Gasteiger charge is -2.19. The fourth-order valence-electron chi connectivity index (χ4n) is 1.04. The Labute approximate surface area is 105 Å². The van der Waals surface area contributed by atoms with Crippen LogP contribution in [0.15, 0.2) is 12.2 Å². The van der Waals surface area contributed by atoms with Crippen molar-refractivity contribution < 1.29 is 9.53 Å². The monoisotopic (exact) mass is 242 g/mol. The molecule has 0 saturated carbocycles. The quantitative estimate of drug-likeness (QED) is 0.703. The average Bonchev–Trinajstić information content (AvgIpc) is 2.20. The summed E-state index contributed by atoms with van der Waals surface area (Å²) in [7, 11) is 0. The van der Waals surface area contributed by atoms with Crippen LogP contribution in [0, 0.1) is 0 Å². The Hall–Kier alpha value is -1.03. The van der Waals surface area contributed by atoms with Gasteiger partial charge in [-0.2, -0.15) is 0 Å². The summed E-state index contributed by atoms with van der Waals surface area (Å²) in [5.74, 6) is 0. The molecule has 1 unspecified atom stereocenters. The zero-order valence-corrected chi connectivity index (χ0v) is 11.7. The molecule has 4 heteroatoms. The molecule has 0 aromatic rings. The maximum Gasteiger partial charge on any atom is 0.407 e. The van der Waals surface area contributed by atoms with E-state index in [9.17, 15) is 4.79 Å². The minimum absolute atomic E-state index is 0.378. The summed E-state index contributed by atoms with van der Waals surface area (Å²) in [5.41, 5.74) is -0.439. The van der Waals surface area contributed by atoms with Gasteiger partial charge >= 0.3 is 6.09 Å². The number of alkyl carbamates (subject to hydrolysis) is 1. The first-order valence-corrected chi connectivity index (χ1v) is 6.20. The van der Waals surface area contributed by atoms with Crippen molar-refractivity contribution in [3.05, 3.63) is 12.2 Å². The third kappa shape index (κ3) is 11.2. The van der Waals surface area contributed by atoms with Crippen LogP contribution in [-0.4, -0.2) is 30.8 Å². The highest BCUT2D eigenvalue weighted by molar-refractivity contribution is 5.67. The second-order valence-electron chi connectivity index (χ2n) is 5.07. The van der Waals surface area contributed by atoms with Gasteiger partial charge in [-0.15, -0.1) is 0 Å². The van der Waals surface area contributed by atoms with Gasteiger partial charge in [0.05, 0.1) is 0 Å². The Morgan fingerprint density at radius 2 is 1.88 bits per heavy atom. The number of hydrogen-bond donors (Lipinski definition) is 2. The summed E-state index contributed by atoms with van der Waals surface area (Å²) < 4.78 is 5.10. The van der Waals surface area contributed by atoms with Gasteiger partial charge in [0, 0.05) is 19.1 Å². The molecule has 100 valence electrons. The van der Waals surface area contributed by atoms with Crippen molar-refractivity contribution in [3.63, 3.8) is 0 Å². The lowest BCUT2D eigenvalue weighted by molar-refractivity contribution is 0.0534. The molecule has 1 amide bonds. The number of hydrogen-bond acceptors (Lipinski definition) is 3. The average molecular weight is 242 g/mol. The Bertz CT molecular complexity index is 244. The molecule has 0 rings (SSSR count). The Morgan fingerprint density at radius 1 is 1.29 bits per heavy atom. The molecule has 2 N–H and O–H groups in total. The Balaban J connectivity index is 3.56. The summed E-state index contributed by atoms with van der Waals surface area (Å²) >= 11 is 0. The molecule has 0 saturated heterocycles. The van der Waals surface area contributed by atoms with Crippen LogP contribution < -0.4 is 10.6 Å². The first-order valence-electron chi connectivity index (χ1n) is 6.20. The Morgan fingerprint density at radius 3 is 2.41 bits per heavy atom. The third-order valence-corrected chi connectivity index (χ3v) is 2.13. The van der Waals surface area contributed by atoms with Crippen molar-refractivity contribution in [1.82, 2.24) is 10.6 Å². The lowest BCUT2D eigenvalue weighted by Crippen LogP contribution is -2.32. The summed E-state index contributed by atoms with van der Waals surface area (Å²) in [5, 5.41) is 5.99. The molecule has 0 spiro atoms. The highest BCUT2D eigenvalue weighted by Gasteiger charge is 2.14. The predicted molar refractivity (Wildman–Crippen MR) is 71.1 cm³/mol. The molecule has 0 aromatic heterocycles. The third-order valence-electron chi connectivity index (χ3n) is 2.13. The second kappa shape index (κ2) is 8.12. The van der Waals surface area contributed by atoms with Crippen molar-refractivity contribution in [3.8, 4) is 0 Å². The van der Waals surface area contributed by atoms with Gasteiger partial charge in [0.1, 0.15) is 5.60 Å². The van der Waals surface area contributed by atoms with Gasteiger partial charge < -0.3 is 15.4 Å². The van der Waals surface area contributed by atoms with E-state index in [-0.39, 0.29) is 6.09 Å². The molecule has 4 nitrogen and oxygen atoms in total. The van der Waals surface area contributed by atoms with Gasteiger partial charge in [0.2, 0.25) is 0 Å². The number of rotatable bonds is 6. The van der Waals surface area contributed by atoms with E-state index in [1.165, 1.54) is 0 Å². The fourth-order valence-corrected chi connectivity index (χ4v) is 1.04. The van der Waals surface area contributed by atoms with Gasteiger partial charge in [0.15, 0.2) is 0 Å². The fraction of sp³-hybridized carbons (Fsp3) is 0.769. The number of nitrogens with one attached hydrogen (secondary N) is 2. The van der Waals surface area contributed by atoms with Crippen LogP contribution in [0.25, 0.3) is 0 Å². The molecule has 0 bridgehead atoms. The molecule has 0 aliphatic heterocycles. The van der Waals surface area contributed by atoms with E-state index < -0.39 is 5.60 Å². The van der Waals surface area contributed by atoms with Crippen LogP contribution in [0.3, 0.4) is 0 Å². The number of carbonyl (C=O) groups excluding carboxylic acids is 1. The first kappa shape index (κ1) is 16.0. The van der Waals surface area contributed by atoms with E-state index in [0.717, 1.165) is 13.0 Å². The largest absolute Gasteiger partial charge is 0.444 e. The molecule has 0 radical (unpaired) electrons. The maximum absolute atomic E-state index is 11.3. The molecular formula is C13H26N2O2. The smallest absolute Gasteiger partial charge is 0.407 e. The Kier molecular flexibility index (Phi) is 7.63. The van der Waals surface area contributed by atoms with Crippen LogP contribution in [0.2, 0.25) is 0 Å². The van der Waals surface area contributed by atoms with Gasteiger partial charge in [-0.1, -0.05) is 19.1 Å². The van der Waals surface area contributed by atoms with E-state index in [0.29, 0.717) is 12.6 Å². The van der Waals surface area contributed by atoms with Crippen LogP contribution in [0.4, 0.5) is 4.79 Å². The molecule has 17 heavy (non-hydrogen) atoms. The van der Waals surface area contributed by atoms with Crippen molar-refractivity contribution in [2.75, 3.05) is 13.1 Å². The number of amides is 1. The van der Waals surface area contributed by atoms with Crippen LogP contribution >= 0.6 is 0 Å². The highest BCUT2D eigenvalue weighted by atomic mass is 16.6. The molecule has 0 fully saturated rings. The van der Waals surface area contributed by atoms with Crippen LogP contribution in [-0.2, 0) is 4.74 Å². The van der Waals surface area contributed by atoms with Crippen LogP contribution in [0.1, 0.15) is 41.0 Å². The SMILES string of the molecule is CCC(C)NC/C=C/CNC(=O)OC(C)(C)C. The molecule has 0 aliphatic carbocycles. The van der Waals surface area contributed by atoms with Crippen molar-refractivity contribution in [2.45, 2.75) is 52.7 Å². The summed E-state index contributed by atoms with van der Waals surface area (Å²) in [6.07, 6.45) is 4.66. The predicted octanol–water partition coefficient (Wildman–Crippen LogP) is 2.46. The van der Waals surface area contributed by atoms with Gasteiger partial charge in [-0.05, 0) is 34.1 Å². The van der Waals surface area contributed by atoms with E-state index in [2.05, 4.69) is 24.5 Å². The van der Waals surface area contributed by atoms with E-state index >= 15 is 0 Å². The van der Waals surface area contributed by atoms with Crippen molar-refractivity contribution in [2.24, 2.45) is 0 Å². The van der Waals surface area contributed by atoms with Crippen molar-refractivity contribution >= 4 is 6.09 Å². The maximum atomic E-state index is 11.3. The summed E-state index contributed by atoms with van der Waals surface area (Å²) in [4.78, 5) is 11.3. The van der Waals surface area contributed by atoms with Crippen molar-refractivity contribution in [1.29, 1.82) is 0 Å². The molecule has 0 aromatic carbocycles. The van der Waals surface area contributed by atoms with E-state index in [1.54, 1.807) is 0 Å². The molecule has 0 heterocycles. The van der Waals surface area contributed by atoms with Crippen LogP contribution in [0.5, 0.6) is 0 Å². The zero-order valence-electron chi connectivity index (χ0n) is 11.7. The minimum atomic E-state index is -0.439. The molecule has 1 atom stereocenters. The highest BCUT2D eigenvalue weighted by Crippen LogP contribution is 2.05. The van der Waals surface area contributed by atoms with Gasteiger partial charge in [-0.25, -0.2) is 4.79 Å². The molecule has 0 aliphatic rings. The van der Waals surface area contributed by atoms with E-state index in [1.807, 2.05) is 32.9 Å². The minimum Gasteiger partial charge on any atom is -0.444 e. The topological polar surface area (TPSA) is 50.4 Å². The number of ether oxygens (including phenoxy) is 1. The number of carbonyl (C=O) groups is 1. The zero-order chi connectivity index (χ0) is 13.3. The van der Waals surface area contributed by atoms with Gasteiger partial charge in [0.25, 0.3) is 0 Å². The van der Waals surface area contributed by atoms with Gasteiger partial charge in [-0.3, -0.25) is 0 Å². The molecular weight excluding hydrogens is 216 g/mol.